The largest absolute Gasteiger partial charge is 0.495 e. The van der Waals surface area contributed by atoms with Crippen LogP contribution < -0.4 is 9.46 Å². The van der Waals surface area contributed by atoms with Crippen LogP contribution in [0.4, 0.5) is 8.78 Å². The van der Waals surface area contributed by atoms with Gasteiger partial charge in [0.2, 0.25) is 10.0 Å². The third kappa shape index (κ3) is 3.78. The molecule has 4 rings (SSSR count). The van der Waals surface area contributed by atoms with E-state index in [9.17, 15) is 22.5 Å². The molecule has 1 fully saturated rings. The molecule has 0 radical (unpaired) electrons. The summed E-state index contributed by atoms with van der Waals surface area (Å²) in [5, 5.41) is 10.5. The Kier molecular flexibility index (Phi) is 6.03. The zero-order valence-electron chi connectivity index (χ0n) is 17.1. The maximum Gasteiger partial charge on any atom is 0.244 e. The minimum absolute atomic E-state index is 0.110. The van der Waals surface area contributed by atoms with Crippen LogP contribution in [0.15, 0.2) is 29.6 Å². The van der Waals surface area contributed by atoms with E-state index in [-0.39, 0.29) is 16.8 Å². The summed E-state index contributed by atoms with van der Waals surface area (Å²) in [5.41, 5.74) is 1.34. The molecule has 3 aromatic heterocycles. The number of methoxy groups -OCH3 is 1. The zero-order chi connectivity index (χ0) is 22.9. The number of pyridine rings is 1. The predicted octanol–water partition coefficient (Wildman–Crippen LogP) is 2.68. The molecular weight excluding hydrogens is 442 g/mol. The lowest BCUT2D eigenvalue weighted by Gasteiger charge is -2.29. The molecule has 0 atom stereocenters. The van der Waals surface area contributed by atoms with E-state index in [1.807, 2.05) is 9.29 Å². The second kappa shape index (κ2) is 8.76. The Bertz CT molecular complexity index is 1280. The van der Waals surface area contributed by atoms with Crippen molar-refractivity contribution in [3.05, 3.63) is 30.2 Å². The maximum atomic E-state index is 12.7. The van der Waals surface area contributed by atoms with Crippen LogP contribution >= 0.6 is 0 Å². The second-order valence-electron chi connectivity index (χ2n) is 7.41. The first kappa shape index (κ1) is 22.0. The highest BCUT2D eigenvalue weighted by molar-refractivity contribution is 7.89. The lowest BCUT2D eigenvalue weighted by atomic mass is 9.92. The molecule has 9 nitrogen and oxygen atoms in total. The van der Waals surface area contributed by atoms with E-state index >= 15 is 0 Å². The molecular formula is C20H20F2N6O3S. The SMILES string of the molecule is COc1cnc2c(c1)c(C#N)c(-c1ncc(S(=O)(=O)NC(CF)CF)cn1)n2C1CCC1. The Balaban J connectivity index is 1.82. The normalized spacial score (nSPS) is 14.5. The molecule has 1 aliphatic carbocycles. The van der Waals surface area contributed by atoms with Gasteiger partial charge in [-0.05, 0) is 25.3 Å². The molecule has 168 valence electrons. The first-order valence-corrected chi connectivity index (χ1v) is 11.4. The van der Waals surface area contributed by atoms with Gasteiger partial charge < -0.3 is 9.30 Å². The van der Waals surface area contributed by atoms with E-state index < -0.39 is 29.4 Å². The number of halogens is 2. The van der Waals surface area contributed by atoms with Crippen molar-refractivity contribution in [2.45, 2.75) is 36.2 Å². The lowest BCUT2D eigenvalue weighted by Crippen LogP contribution is -2.38. The third-order valence-electron chi connectivity index (χ3n) is 5.45. The van der Waals surface area contributed by atoms with Gasteiger partial charge in [0.25, 0.3) is 0 Å². The Morgan fingerprint density at radius 2 is 1.94 bits per heavy atom. The number of sulfonamides is 1. The molecule has 0 aromatic carbocycles. The Morgan fingerprint density at radius 1 is 1.25 bits per heavy atom. The fraction of sp³-hybridized carbons (Fsp3) is 0.400. The Hall–Kier alpha value is -3.17. The fourth-order valence-electron chi connectivity index (χ4n) is 3.58. The number of hydrogen-bond acceptors (Lipinski definition) is 7. The second-order valence-corrected chi connectivity index (χ2v) is 9.12. The number of aromatic nitrogens is 4. The summed E-state index contributed by atoms with van der Waals surface area (Å²) in [5.74, 6) is 0.645. The molecule has 1 N–H and O–H groups in total. The van der Waals surface area contributed by atoms with Crippen LogP contribution in [0.2, 0.25) is 0 Å². The summed E-state index contributed by atoms with van der Waals surface area (Å²) >= 11 is 0. The number of alkyl halides is 2. The molecule has 1 saturated carbocycles. The fourth-order valence-corrected chi connectivity index (χ4v) is 4.67. The molecule has 32 heavy (non-hydrogen) atoms. The molecule has 3 heterocycles. The van der Waals surface area contributed by atoms with Gasteiger partial charge in [0.1, 0.15) is 41.4 Å². The van der Waals surface area contributed by atoms with Gasteiger partial charge in [0, 0.05) is 11.4 Å². The molecule has 0 aliphatic heterocycles. The van der Waals surface area contributed by atoms with E-state index in [2.05, 4.69) is 21.0 Å². The smallest absolute Gasteiger partial charge is 0.244 e. The number of nitrogens with zero attached hydrogens (tertiary/aromatic N) is 5. The topological polar surface area (TPSA) is 123 Å². The predicted molar refractivity (Wildman–Crippen MR) is 111 cm³/mol. The van der Waals surface area contributed by atoms with Crippen LogP contribution in [0.1, 0.15) is 30.9 Å². The van der Waals surface area contributed by atoms with Crippen LogP contribution in [-0.2, 0) is 10.0 Å². The molecule has 0 saturated heterocycles. The lowest BCUT2D eigenvalue weighted by molar-refractivity contribution is 0.322. The Morgan fingerprint density at radius 3 is 2.47 bits per heavy atom. The van der Waals surface area contributed by atoms with Gasteiger partial charge in [-0.15, -0.1) is 0 Å². The number of hydrogen-bond donors (Lipinski definition) is 1. The highest BCUT2D eigenvalue weighted by Crippen LogP contribution is 2.41. The van der Waals surface area contributed by atoms with E-state index in [1.165, 1.54) is 7.11 Å². The summed E-state index contributed by atoms with van der Waals surface area (Å²) in [4.78, 5) is 12.5. The van der Waals surface area contributed by atoms with Gasteiger partial charge in [-0.3, -0.25) is 0 Å². The quantitative estimate of drug-likeness (QED) is 0.546. The first-order valence-electron chi connectivity index (χ1n) is 9.88. The molecule has 0 amide bonds. The average molecular weight is 462 g/mol. The number of nitrogens with one attached hydrogen (secondary N) is 1. The first-order chi connectivity index (χ1) is 15.4. The van der Waals surface area contributed by atoms with Crippen molar-refractivity contribution in [3.8, 4) is 23.3 Å². The van der Waals surface area contributed by atoms with Gasteiger partial charge in [0.15, 0.2) is 5.82 Å². The van der Waals surface area contributed by atoms with Crippen LogP contribution in [0, 0.1) is 11.3 Å². The molecule has 12 heteroatoms. The molecule has 0 spiro atoms. The summed E-state index contributed by atoms with van der Waals surface area (Å²) in [7, 11) is -2.70. The summed E-state index contributed by atoms with van der Waals surface area (Å²) in [6.07, 6.45) is 6.51. The van der Waals surface area contributed by atoms with Crippen molar-refractivity contribution in [1.29, 1.82) is 5.26 Å². The van der Waals surface area contributed by atoms with Crippen molar-refractivity contribution in [2.75, 3.05) is 20.5 Å². The molecule has 0 unspecified atom stereocenters. The molecule has 0 bridgehead atoms. The summed E-state index contributed by atoms with van der Waals surface area (Å²) in [6, 6.07) is 2.54. The number of ether oxygens (including phenoxy) is 1. The third-order valence-corrected chi connectivity index (χ3v) is 6.92. The summed E-state index contributed by atoms with van der Waals surface area (Å²) in [6.45, 7) is -2.36. The van der Waals surface area contributed by atoms with E-state index in [4.69, 9.17) is 4.74 Å². The van der Waals surface area contributed by atoms with Gasteiger partial charge in [-0.2, -0.15) is 5.26 Å². The zero-order valence-corrected chi connectivity index (χ0v) is 17.9. The molecule has 1 aliphatic rings. The van der Waals surface area contributed by atoms with Gasteiger partial charge >= 0.3 is 0 Å². The van der Waals surface area contributed by atoms with Crippen molar-refractivity contribution in [3.63, 3.8) is 0 Å². The number of nitriles is 1. The van der Waals surface area contributed by atoms with Crippen LogP contribution in [-0.4, -0.2) is 54.4 Å². The number of fused-ring (bicyclic) bond motifs is 1. The van der Waals surface area contributed by atoms with E-state index in [1.54, 1.807) is 12.3 Å². The standard InChI is InChI=1S/C20H20F2N6O3S/c1-31-14-5-16-17(8-23)18(28(13-3-2-4-13)20(16)26-9-14)19-24-10-15(11-25-19)32(29,30)27-12(6-21)7-22/h5,9-13,27H,2-4,6-7H2,1H3. The van der Waals surface area contributed by atoms with Crippen LogP contribution in [0.25, 0.3) is 22.6 Å². The minimum Gasteiger partial charge on any atom is -0.495 e. The monoisotopic (exact) mass is 462 g/mol. The van der Waals surface area contributed by atoms with Gasteiger partial charge in [0.05, 0.1) is 37.3 Å². The van der Waals surface area contributed by atoms with Gasteiger partial charge in [-0.1, -0.05) is 0 Å². The van der Waals surface area contributed by atoms with Crippen molar-refractivity contribution in [2.24, 2.45) is 0 Å². The molecule has 3 aromatic rings. The van der Waals surface area contributed by atoms with Crippen molar-refractivity contribution < 1.29 is 21.9 Å². The van der Waals surface area contributed by atoms with Crippen LogP contribution in [0.3, 0.4) is 0 Å². The Labute approximate surface area is 183 Å². The van der Waals surface area contributed by atoms with Crippen molar-refractivity contribution in [1.82, 2.24) is 24.2 Å². The summed E-state index contributed by atoms with van der Waals surface area (Å²) < 4.78 is 59.3. The minimum atomic E-state index is -4.21. The highest BCUT2D eigenvalue weighted by atomic mass is 32.2. The average Bonchev–Trinajstić information content (AvgIpc) is 3.09. The maximum absolute atomic E-state index is 12.7. The van der Waals surface area contributed by atoms with E-state index in [0.717, 1.165) is 31.7 Å². The van der Waals surface area contributed by atoms with Crippen LogP contribution in [0.5, 0.6) is 5.75 Å². The van der Waals surface area contributed by atoms with E-state index in [0.29, 0.717) is 28.0 Å². The van der Waals surface area contributed by atoms with Gasteiger partial charge in [-0.25, -0.2) is 36.9 Å². The van der Waals surface area contributed by atoms with Crippen molar-refractivity contribution >= 4 is 21.1 Å². The highest BCUT2D eigenvalue weighted by Gasteiger charge is 2.30. The number of rotatable bonds is 8.